The molecular formula is C12H10ORhS. The van der Waals surface area contributed by atoms with Gasteiger partial charge in [-0.1, -0.05) is 36.4 Å². The van der Waals surface area contributed by atoms with Crippen molar-refractivity contribution in [3.05, 3.63) is 60.7 Å². The fourth-order valence-electron chi connectivity index (χ4n) is 1.22. The third kappa shape index (κ3) is 3.08. The Morgan fingerprint density at radius 3 is 1.33 bits per heavy atom. The van der Waals surface area contributed by atoms with Crippen molar-refractivity contribution in [2.45, 2.75) is 9.79 Å². The van der Waals surface area contributed by atoms with Crippen LogP contribution in [0.2, 0.25) is 0 Å². The Kier molecular flexibility index (Phi) is 4.87. The summed E-state index contributed by atoms with van der Waals surface area (Å²) in [6, 6.07) is 19.0. The number of benzene rings is 2. The van der Waals surface area contributed by atoms with E-state index in [1.807, 2.05) is 60.7 Å². The summed E-state index contributed by atoms with van der Waals surface area (Å²) >= 11 is 0. The van der Waals surface area contributed by atoms with Crippen LogP contribution in [0.3, 0.4) is 0 Å². The van der Waals surface area contributed by atoms with Gasteiger partial charge >= 0.3 is 0 Å². The molecular weight excluding hydrogens is 295 g/mol. The van der Waals surface area contributed by atoms with Gasteiger partial charge in [0.1, 0.15) is 0 Å². The van der Waals surface area contributed by atoms with E-state index in [9.17, 15) is 4.21 Å². The van der Waals surface area contributed by atoms with E-state index >= 15 is 0 Å². The van der Waals surface area contributed by atoms with Crippen LogP contribution in [0.25, 0.3) is 0 Å². The first kappa shape index (κ1) is 12.3. The Morgan fingerprint density at radius 1 is 0.667 bits per heavy atom. The van der Waals surface area contributed by atoms with Gasteiger partial charge in [-0.2, -0.15) is 0 Å². The van der Waals surface area contributed by atoms with E-state index in [1.165, 1.54) is 0 Å². The van der Waals surface area contributed by atoms with Crippen molar-refractivity contribution in [2.75, 3.05) is 0 Å². The molecule has 0 unspecified atom stereocenters. The van der Waals surface area contributed by atoms with Crippen LogP contribution in [0, 0.1) is 0 Å². The third-order valence-corrected chi connectivity index (χ3v) is 3.32. The van der Waals surface area contributed by atoms with Gasteiger partial charge in [0.05, 0.1) is 10.8 Å². The van der Waals surface area contributed by atoms with Crippen LogP contribution in [0.15, 0.2) is 70.5 Å². The van der Waals surface area contributed by atoms with E-state index in [4.69, 9.17) is 0 Å². The van der Waals surface area contributed by atoms with Crippen LogP contribution in [0.4, 0.5) is 0 Å². The number of hydrogen-bond donors (Lipinski definition) is 0. The first-order chi connectivity index (χ1) is 6.88. The molecule has 3 heteroatoms. The maximum absolute atomic E-state index is 12.0. The molecule has 0 heterocycles. The van der Waals surface area contributed by atoms with Crippen molar-refractivity contribution in [3.8, 4) is 0 Å². The summed E-state index contributed by atoms with van der Waals surface area (Å²) in [4.78, 5) is 1.69. The fraction of sp³-hybridized carbons (Fsp3) is 0. The minimum absolute atomic E-state index is 0. The summed E-state index contributed by atoms with van der Waals surface area (Å²) in [5.41, 5.74) is 0. The van der Waals surface area contributed by atoms with Crippen LogP contribution in [0.1, 0.15) is 0 Å². The largest absolute Gasteiger partial charge is 0.249 e. The number of hydrogen-bond acceptors (Lipinski definition) is 1. The van der Waals surface area contributed by atoms with Crippen molar-refractivity contribution in [2.24, 2.45) is 0 Å². The summed E-state index contributed by atoms with van der Waals surface area (Å²) in [5, 5.41) is 0. The third-order valence-electron chi connectivity index (χ3n) is 1.91. The molecule has 1 radical (unpaired) electrons. The van der Waals surface area contributed by atoms with E-state index < -0.39 is 10.8 Å². The zero-order chi connectivity index (χ0) is 9.80. The molecule has 0 aliphatic carbocycles. The molecule has 0 N–H and O–H groups in total. The molecule has 0 aliphatic rings. The molecule has 0 aliphatic heterocycles. The van der Waals surface area contributed by atoms with Gasteiger partial charge in [-0.15, -0.1) is 0 Å². The van der Waals surface area contributed by atoms with E-state index in [1.54, 1.807) is 0 Å². The van der Waals surface area contributed by atoms with Crippen LogP contribution >= 0.6 is 0 Å². The summed E-state index contributed by atoms with van der Waals surface area (Å²) in [6.45, 7) is 0. The molecule has 2 rings (SSSR count). The fourth-order valence-corrected chi connectivity index (χ4v) is 2.31. The molecule has 0 spiro atoms. The molecule has 15 heavy (non-hydrogen) atoms. The summed E-state index contributed by atoms with van der Waals surface area (Å²) in [5.74, 6) is 0. The monoisotopic (exact) mass is 305 g/mol. The SMILES string of the molecule is O=S(c1ccccc1)c1ccccc1.[Rh]. The van der Waals surface area contributed by atoms with Gasteiger partial charge < -0.3 is 0 Å². The van der Waals surface area contributed by atoms with Gasteiger partial charge in [0, 0.05) is 29.3 Å². The predicted molar refractivity (Wildman–Crippen MR) is 57.6 cm³/mol. The van der Waals surface area contributed by atoms with Crippen LogP contribution in [-0.2, 0) is 30.3 Å². The first-order valence-electron chi connectivity index (χ1n) is 4.40. The minimum atomic E-state index is -1.05. The maximum atomic E-state index is 12.0. The zero-order valence-corrected chi connectivity index (χ0v) is 10.4. The number of rotatable bonds is 2. The smallest absolute Gasteiger partial charge is 0.0849 e. The summed E-state index contributed by atoms with van der Waals surface area (Å²) in [7, 11) is -1.05. The predicted octanol–water partition coefficient (Wildman–Crippen LogP) is 2.85. The van der Waals surface area contributed by atoms with E-state index in [2.05, 4.69) is 0 Å². The van der Waals surface area contributed by atoms with Gasteiger partial charge in [0.2, 0.25) is 0 Å². The quantitative estimate of drug-likeness (QED) is 0.780. The van der Waals surface area contributed by atoms with Gasteiger partial charge in [-0.05, 0) is 24.3 Å². The normalized spacial score (nSPS) is 9.67. The summed E-state index contributed by atoms with van der Waals surface area (Å²) < 4.78 is 12.0. The van der Waals surface area contributed by atoms with E-state index in [0.29, 0.717) is 0 Å². The van der Waals surface area contributed by atoms with Crippen molar-refractivity contribution in [1.82, 2.24) is 0 Å². The second-order valence-electron chi connectivity index (χ2n) is 2.89. The molecule has 0 saturated carbocycles. The Balaban J connectivity index is 0.00000112. The van der Waals surface area contributed by atoms with Crippen molar-refractivity contribution in [3.63, 3.8) is 0 Å². The molecule has 0 aromatic heterocycles. The van der Waals surface area contributed by atoms with Crippen molar-refractivity contribution < 1.29 is 23.7 Å². The topological polar surface area (TPSA) is 17.1 Å². The average molecular weight is 305 g/mol. The molecule has 1 nitrogen and oxygen atoms in total. The van der Waals surface area contributed by atoms with Crippen molar-refractivity contribution in [1.29, 1.82) is 0 Å². The van der Waals surface area contributed by atoms with E-state index in [0.717, 1.165) is 9.79 Å². The molecule has 0 fully saturated rings. The van der Waals surface area contributed by atoms with Gasteiger partial charge in [-0.3, -0.25) is 0 Å². The molecule has 0 amide bonds. The summed E-state index contributed by atoms with van der Waals surface area (Å²) in [6.07, 6.45) is 0. The van der Waals surface area contributed by atoms with E-state index in [-0.39, 0.29) is 19.5 Å². The molecule has 79 valence electrons. The molecule has 0 atom stereocenters. The molecule has 2 aromatic carbocycles. The van der Waals surface area contributed by atoms with Gasteiger partial charge in [0.25, 0.3) is 0 Å². The Bertz CT molecular complexity index is 386. The average Bonchev–Trinajstić information content (AvgIpc) is 2.30. The Morgan fingerprint density at radius 2 is 1.00 bits per heavy atom. The molecule has 0 saturated heterocycles. The van der Waals surface area contributed by atoms with Crippen molar-refractivity contribution >= 4 is 10.8 Å². The van der Waals surface area contributed by atoms with Gasteiger partial charge in [0.15, 0.2) is 0 Å². The maximum Gasteiger partial charge on any atom is 0.0849 e. The molecule has 0 bridgehead atoms. The molecule has 2 aromatic rings. The first-order valence-corrected chi connectivity index (χ1v) is 5.55. The second kappa shape index (κ2) is 5.94. The minimum Gasteiger partial charge on any atom is -0.249 e. The Hall–Kier alpha value is -0.787. The van der Waals surface area contributed by atoms with Gasteiger partial charge in [-0.25, -0.2) is 4.21 Å². The second-order valence-corrected chi connectivity index (χ2v) is 4.38. The van der Waals surface area contributed by atoms with Crippen LogP contribution in [0.5, 0.6) is 0 Å². The Labute approximate surface area is 105 Å². The standard InChI is InChI=1S/C12H10OS.Rh/c13-14(11-7-3-1-4-8-11)12-9-5-2-6-10-12;/h1-10H;. The van der Waals surface area contributed by atoms with Crippen LogP contribution in [-0.4, -0.2) is 4.21 Å². The van der Waals surface area contributed by atoms with Crippen LogP contribution < -0.4 is 0 Å². The zero-order valence-electron chi connectivity index (χ0n) is 7.92.